The lowest BCUT2D eigenvalue weighted by molar-refractivity contribution is 0.0677. The van der Waals surface area contributed by atoms with Gasteiger partial charge in [-0.3, -0.25) is 14.7 Å². The van der Waals surface area contributed by atoms with Crippen LogP contribution in [0.1, 0.15) is 47.3 Å². The number of hydrogen-bond donors (Lipinski definition) is 2. The number of nitrogens with zero attached hydrogens (tertiary/aromatic N) is 2. The number of nitrogens with one attached hydrogen (secondary N) is 1. The Morgan fingerprint density at radius 2 is 2.04 bits per heavy atom. The first-order valence-corrected chi connectivity index (χ1v) is 10.8. The molecule has 1 aliphatic carbocycles. The molecule has 1 saturated carbocycles. The number of amides is 1. The number of aliphatic hydroxyl groups excluding tert-OH is 1. The highest BCUT2D eigenvalue weighted by Crippen LogP contribution is 2.31. The van der Waals surface area contributed by atoms with Crippen LogP contribution in [0.25, 0.3) is 0 Å². The summed E-state index contributed by atoms with van der Waals surface area (Å²) in [6.07, 6.45) is 6.50. The maximum Gasteiger partial charge on any atom is 0.274 e. The van der Waals surface area contributed by atoms with E-state index in [9.17, 15) is 9.90 Å². The third-order valence-corrected chi connectivity index (χ3v) is 7.04. The van der Waals surface area contributed by atoms with Crippen LogP contribution in [0.4, 0.5) is 5.69 Å². The van der Waals surface area contributed by atoms with Crippen LogP contribution in [0.2, 0.25) is 5.02 Å². The molecule has 5 nitrogen and oxygen atoms in total. The van der Waals surface area contributed by atoms with Gasteiger partial charge >= 0.3 is 0 Å². The molecular formula is C21H23BrClN3O2. The molecule has 1 aromatic heterocycles. The molecule has 2 aromatic rings. The number of carbonyl (C=O) groups is 1. The van der Waals surface area contributed by atoms with Crippen molar-refractivity contribution in [2.24, 2.45) is 0 Å². The fourth-order valence-electron chi connectivity index (χ4n) is 4.11. The molecule has 4 rings (SSSR count). The van der Waals surface area contributed by atoms with Crippen LogP contribution in [0.5, 0.6) is 0 Å². The summed E-state index contributed by atoms with van der Waals surface area (Å²) in [6.45, 7) is 1.85. The summed E-state index contributed by atoms with van der Waals surface area (Å²) in [4.78, 5) is 19.5. The van der Waals surface area contributed by atoms with E-state index in [0.29, 0.717) is 22.4 Å². The number of benzene rings is 1. The van der Waals surface area contributed by atoms with Crippen LogP contribution in [0.3, 0.4) is 0 Å². The number of hydrogen-bond acceptors (Lipinski definition) is 4. The van der Waals surface area contributed by atoms with E-state index >= 15 is 0 Å². The van der Waals surface area contributed by atoms with Gasteiger partial charge in [0.25, 0.3) is 5.91 Å². The van der Waals surface area contributed by atoms with Crippen molar-refractivity contribution in [1.29, 1.82) is 0 Å². The summed E-state index contributed by atoms with van der Waals surface area (Å²) >= 11 is 9.60. The Labute approximate surface area is 178 Å². The van der Waals surface area contributed by atoms with Gasteiger partial charge in [-0.25, -0.2) is 0 Å². The van der Waals surface area contributed by atoms with E-state index in [4.69, 9.17) is 11.6 Å². The van der Waals surface area contributed by atoms with E-state index in [0.717, 1.165) is 49.7 Å². The number of fused-ring (bicyclic) bond motifs is 1. The average Bonchev–Trinajstić information content (AvgIpc) is 2.71. The van der Waals surface area contributed by atoms with Crippen molar-refractivity contribution in [3.8, 4) is 0 Å². The Morgan fingerprint density at radius 1 is 1.25 bits per heavy atom. The molecule has 1 aliphatic heterocycles. The number of rotatable bonds is 3. The Kier molecular flexibility index (Phi) is 6.01. The first kappa shape index (κ1) is 19.8. The van der Waals surface area contributed by atoms with Crippen LogP contribution in [-0.2, 0) is 13.0 Å². The lowest BCUT2D eigenvalue weighted by Crippen LogP contribution is -2.42. The van der Waals surface area contributed by atoms with Gasteiger partial charge in [0, 0.05) is 29.8 Å². The monoisotopic (exact) mass is 463 g/mol. The van der Waals surface area contributed by atoms with Crippen LogP contribution in [-0.4, -0.2) is 39.6 Å². The Bertz CT molecular complexity index is 884. The highest BCUT2D eigenvalue weighted by Gasteiger charge is 2.28. The van der Waals surface area contributed by atoms with Crippen LogP contribution in [0, 0.1) is 0 Å². The molecule has 7 heteroatoms. The van der Waals surface area contributed by atoms with Gasteiger partial charge in [-0.2, -0.15) is 0 Å². The van der Waals surface area contributed by atoms with E-state index < -0.39 is 0 Å². The topological polar surface area (TPSA) is 65.5 Å². The van der Waals surface area contributed by atoms with Crippen molar-refractivity contribution < 1.29 is 9.90 Å². The lowest BCUT2D eigenvalue weighted by atomic mass is 9.90. The van der Waals surface area contributed by atoms with Gasteiger partial charge < -0.3 is 10.4 Å². The molecule has 28 heavy (non-hydrogen) atoms. The minimum atomic E-state index is -0.258. The van der Waals surface area contributed by atoms with Gasteiger partial charge in [0.15, 0.2) is 0 Å². The SMILES string of the molecule is O=C(Nc1cccc(Br)c1Cl)c1cc2c(cn1)CN(C1CCC(O)CC1)CC2. The van der Waals surface area contributed by atoms with E-state index in [1.807, 2.05) is 24.4 Å². The van der Waals surface area contributed by atoms with Crippen LogP contribution >= 0.6 is 27.5 Å². The van der Waals surface area contributed by atoms with Crippen molar-refractivity contribution in [1.82, 2.24) is 9.88 Å². The van der Waals surface area contributed by atoms with Gasteiger partial charge in [-0.15, -0.1) is 0 Å². The average molecular weight is 465 g/mol. The third kappa shape index (κ3) is 4.25. The molecule has 2 aliphatic rings. The second-order valence-electron chi connectivity index (χ2n) is 7.58. The zero-order valence-corrected chi connectivity index (χ0v) is 17.8. The minimum absolute atomic E-state index is 0.130. The molecule has 0 spiro atoms. The van der Waals surface area contributed by atoms with E-state index in [1.54, 1.807) is 6.07 Å². The van der Waals surface area contributed by atoms with Crippen molar-refractivity contribution in [2.45, 2.75) is 50.8 Å². The molecule has 0 radical (unpaired) electrons. The first-order valence-electron chi connectivity index (χ1n) is 9.66. The number of carbonyl (C=O) groups excluding carboxylic acids is 1. The Balaban J connectivity index is 1.45. The number of pyridine rings is 1. The molecule has 1 amide bonds. The maximum absolute atomic E-state index is 12.6. The highest BCUT2D eigenvalue weighted by atomic mass is 79.9. The summed E-state index contributed by atoms with van der Waals surface area (Å²) < 4.78 is 0.737. The van der Waals surface area contributed by atoms with Gasteiger partial charge in [0.2, 0.25) is 0 Å². The normalized spacial score (nSPS) is 22.5. The van der Waals surface area contributed by atoms with E-state index in [-0.39, 0.29) is 12.0 Å². The fourth-order valence-corrected chi connectivity index (χ4v) is 4.65. The molecule has 0 bridgehead atoms. The van der Waals surface area contributed by atoms with Crippen LogP contribution < -0.4 is 5.32 Å². The molecular weight excluding hydrogens is 442 g/mol. The lowest BCUT2D eigenvalue weighted by Gasteiger charge is -2.38. The van der Waals surface area contributed by atoms with Gasteiger partial charge in [-0.1, -0.05) is 17.7 Å². The smallest absolute Gasteiger partial charge is 0.274 e. The fraction of sp³-hybridized carbons (Fsp3) is 0.429. The summed E-state index contributed by atoms with van der Waals surface area (Å²) in [6, 6.07) is 7.86. The zero-order valence-electron chi connectivity index (χ0n) is 15.5. The molecule has 2 heterocycles. The molecule has 0 saturated heterocycles. The largest absolute Gasteiger partial charge is 0.393 e. The predicted octanol–water partition coefficient (Wildman–Crippen LogP) is 4.41. The number of halogens is 2. The standard InChI is InChI=1S/C21H23BrClN3O2/c22-17-2-1-3-18(20(17)23)25-21(28)19-10-13-8-9-26(12-14(13)11-24-19)15-4-6-16(27)7-5-15/h1-3,10-11,15-16,27H,4-9,12H2,(H,25,28). The first-order chi connectivity index (χ1) is 13.5. The second kappa shape index (κ2) is 8.49. The maximum atomic E-state index is 12.6. The van der Waals surface area contributed by atoms with Gasteiger partial charge in [0.05, 0.1) is 16.8 Å². The Morgan fingerprint density at radius 3 is 2.82 bits per heavy atom. The van der Waals surface area contributed by atoms with Crippen molar-refractivity contribution in [3.05, 3.63) is 56.8 Å². The molecule has 0 atom stereocenters. The molecule has 1 aromatic carbocycles. The number of aliphatic hydroxyl groups is 1. The van der Waals surface area contributed by atoms with Crippen LogP contribution in [0.15, 0.2) is 34.9 Å². The molecule has 2 N–H and O–H groups in total. The highest BCUT2D eigenvalue weighted by molar-refractivity contribution is 9.10. The molecule has 0 unspecified atom stereocenters. The van der Waals surface area contributed by atoms with Crippen molar-refractivity contribution in [2.75, 3.05) is 11.9 Å². The zero-order chi connectivity index (χ0) is 19.7. The van der Waals surface area contributed by atoms with Crippen molar-refractivity contribution in [3.63, 3.8) is 0 Å². The summed E-state index contributed by atoms with van der Waals surface area (Å²) in [5.41, 5.74) is 3.34. The number of aromatic nitrogens is 1. The molecule has 1 fully saturated rings. The quantitative estimate of drug-likeness (QED) is 0.706. The van der Waals surface area contributed by atoms with Gasteiger partial charge in [0.1, 0.15) is 5.69 Å². The number of anilines is 1. The summed E-state index contributed by atoms with van der Waals surface area (Å²) in [5, 5.41) is 13.0. The molecule has 148 valence electrons. The third-order valence-electron chi connectivity index (χ3n) is 5.74. The van der Waals surface area contributed by atoms with Crippen molar-refractivity contribution >= 4 is 39.1 Å². The summed E-state index contributed by atoms with van der Waals surface area (Å²) in [7, 11) is 0. The van der Waals surface area contributed by atoms with E-state index in [2.05, 4.69) is 31.1 Å². The predicted molar refractivity (Wildman–Crippen MR) is 114 cm³/mol. The van der Waals surface area contributed by atoms with Gasteiger partial charge in [-0.05, 0) is 77.4 Å². The Hall–Kier alpha value is -1.47. The minimum Gasteiger partial charge on any atom is -0.393 e. The second-order valence-corrected chi connectivity index (χ2v) is 8.81. The van der Waals surface area contributed by atoms with E-state index in [1.165, 1.54) is 11.1 Å². The summed E-state index contributed by atoms with van der Waals surface area (Å²) in [5.74, 6) is -0.258.